The Bertz CT molecular complexity index is 505. The van der Waals surface area contributed by atoms with E-state index in [0.29, 0.717) is 11.8 Å². The lowest BCUT2D eigenvalue weighted by atomic mass is 10.3. The second-order valence-corrected chi connectivity index (χ2v) is 6.05. The molecular formula is C13H18N2OS. The standard InChI is InChI=1S/C13H18N2OS/c1-9(2)17-13-14-11-6-4-5-7-12(11)15(13)8-10(3)16/h4-7,9-10,16H,8H2,1-3H3/t10-/m0/s1. The van der Waals surface area contributed by atoms with Gasteiger partial charge in [-0.25, -0.2) is 4.98 Å². The van der Waals surface area contributed by atoms with Crippen LogP contribution in [-0.4, -0.2) is 26.0 Å². The minimum absolute atomic E-state index is 0.362. The summed E-state index contributed by atoms with van der Waals surface area (Å²) in [6, 6.07) is 8.06. The number of benzene rings is 1. The van der Waals surface area contributed by atoms with Gasteiger partial charge in [-0.3, -0.25) is 0 Å². The van der Waals surface area contributed by atoms with Gasteiger partial charge >= 0.3 is 0 Å². The third-order valence-corrected chi connectivity index (χ3v) is 3.40. The summed E-state index contributed by atoms with van der Waals surface area (Å²) in [7, 11) is 0. The smallest absolute Gasteiger partial charge is 0.169 e. The molecule has 0 aliphatic heterocycles. The zero-order valence-electron chi connectivity index (χ0n) is 10.4. The molecule has 1 heterocycles. The highest BCUT2D eigenvalue weighted by Gasteiger charge is 2.13. The highest BCUT2D eigenvalue weighted by atomic mass is 32.2. The van der Waals surface area contributed by atoms with Crippen molar-refractivity contribution in [2.24, 2.45) is 0 Å². The van der Waals surface area contributed by atoms with E-state index in [0.717, 1.165) is 16.2 Å². The zero-order valence-corrected chi connectivity index (χ0v) is 11.2. The number of fused-ring (bicyclic) bond motifs is 1. The molecule has 4 heteroatoms. The van der Waals surface area contributed by atoms with Crippen LogP contribution in [0.4, 0.5) is 0 Å². The molecule has 2 aromatic rings. The van der Waals surface area contributed by atoms with Crippen molar-refractivity contribution >= 4 is 22.8 Å². The Hall–Kier alpha value is -1.00. The summed E-state index contributed by atoms with van der Waals surface area (Å²) in [6.45, 7) is 6.70. The third kappa shape index (κ3) is 2.82. The van der Waals surface area contributed by atoms with E-state index < -0.39 is 0 Å². The lowest BCUT2D eigenvalue weighted by Crippen LogP contribution is -2.13. The fourth-order valence-corrected chi connectivity index (χ4v) is 2.67. The summed E-state index contributed by atoms with van der Waals surface area (Å²) >= 11 is 1.73. The number of aliphatic hydroxyl groups excluding tert-OH is 1. The normalized spacial score (nSPS) is 13.5. The van der Waals surface area contributed by atoms with Gasteiger partial charge in [-0.2, -0.15) is 0 Å². The molecule has 0 fully saturated rings. The number of para-hydroxylation sites is 2. The van der Waals surface area contributed by atoms with Crippen LogP contribution in [0.15, 0.2) is 29.4 Å². The van der Waals surface area contributed by atoms with Crippen molar-refractivity contribution in [3.8, 4) is 0 Å². The highest BCUT2D eigenvalue weighted by molar-refractivity contribution is 7.99. The molecule has 1 aromatic carbocycles. The predicted molar refractivity (Wildman–Crippen MR) is 72.4 cm³/mol. The monoisotopic (exact) mass is 250 g/mol. The van der Waals surface area contributed by atoms with Gasteiger partial charge in [-0.15, -0.1) is 0 Å². The van der Waals surface area contributed by atoms with Crippen molar-refractivity contribution in [2.75, 3.05) is 0 Å². The predicted octanol–water partition coefficient (Wildman–Crippen LogP) is 2.92. The van der Waals surface area contributed by atoms with E-state index in [1.807, 2.05) is 18.2 Å². The van der Waals surface area contributed by atoms with Crippen LogP contribution in [0.3, 0.4) is 0 Å². The van der Waals surface area contributed by atoms with Crippen LogP contribution in [-0.2, 0) is 6.54 Å². The van der Waals surface area contributed by atoms with Crippen LogP contribution in [0.2, 0.25) is 0 Å². The van der Waals surface area contributed by atoms with Crippen LogP contribution >= 0.6 is 11.8 Å². The molecule has 92 valence electrons. The van der Waals surface area contributed by atoms with Crippen molar-refractivity contribution in [3.05, 3.63) is 24.3 Å². The molecule has 0 spiro atoms. The summed E-state index contributed by atoms with van der Waals surface area (Å²) in [5, 5.41) is 11.1. The van der Waals surface area contributed by atoms with Gasteiger partial charge in [0, 0.05) is 5.25 Å². The number of rotatable bonds is 4. The molecule has 0 radical (unpaired) electrons. The fourth-order valence-electron chi connectivity index (χ4n) is 1.79. The summed E-state index contributed by atoms with van der Waals surface area (Å²) in [4.78, 5) is 4.62. The van der Waals surface area contributed by atoms with Gasteiger partial charge in [0.15, 0.2) is 5.16 Å². The van der Waals surface area contributed by atoms with Crippen molar-refractivity contribution in [3.63, 3.8) is 0 Å². The van der Waals surface area contributed by atoms with E-state index in [2.05, 4.69) is 29.5 Å². The molecule has 1 N–H and O–H groups in total. The van der Waals surface area contributed by atoms with Gasteiger partial charge in [0.2, 0.25) is 0 Å². The first-order valence-corrected chi connectivity index (χ1v) is 6.76. The minimum atomic E-state index is -0.362. The Morgan fingerprint density at radius 3 is 2.65 bits per heavy atom. The second-order valence-electron chi connectivity index (χ2n) is 4.51. The fraction of sp³-hybridized carbons (Fsp3) is 0.462. The molecule has 0 amide bonds. The molecule has 0 aliphatic carbocycles. The average Bonchev–Trinajstić information content (AvgIpc) is 2.55. The highest BCUT2D eigenvalue weighted by Crippen LogP contribution is 2.27. The summed E-state index contributed by atoms with van der Waals surface area (Å²) in [5.74, 6) is 0. The Balaban J connectivity index is 2.48. The summed E-state index contributed by atoms with van der Waals surface area (Å²) < 4.78 is 2.10. The largest absolute Gasteiger partial charge is 0.392 e. The van der Waals surface area contributed by atoms with Crippen molar-refractivity contribution < 1.29 is 5.11 Å². The number of imidazole rings is 1. The molecule has 0 unspecified atom stereocenters. The number of aromatic nitrogens is 2. The first-order valence-electron chi connectivity index (χ1n) is 5.88. The molecular weight excluding hydrogens is 232 g/mol. The van der Waals surface area contributed by atoms with Gasteiger partial charge in [-0.1, -0.05) is 37.7 Å². The van der Waals surface area contributed by atoms with Crippen LogP contribution in [0.1, 0.15) is 20.8 Å². The lowest BCUT2D eigenvalue weighted by molar-refractivity contribution is 0.171. The Labute approximate surface area is 106 Å². The molecule has 3 nitrogen and oxygen atoms in total. The maximum atomic E-state index is 9.58. The van der Waals surface area contributed by atoms with Crippen LogP contribution in [0.5, 0.6) is 0 Å². The van der Waals surface area contributed by atoms with Crippen LogP contribution in [0, 0.1) is 0 Å². The maximum Gasteiger partial charge on any atom is 0.169 e. The molecule has 2 rings (SSSR count). The first kappa shape index (κ1) is 12.5. The van der Waals surface area contributed by atoms with Gasteiger partial charge in [0.25, 0.3) is 0 Å². The average molecular weight is 250 g/mol. The first-order chi connectivity index (χ1) is 8.08. The van der Waals surface area contributed by atoms with Gasteiger partial charge < -0.3 is 9.67 Å². The number of aliphatic hydroxyl groups is 1. The molecule has 0 saturated heterocycles. The van der Waals surface area contributed by atoms with Crippen molar-refractivity contribution in [1.82, 2.24) is 9.55 Å². The van der Waals surface area contributed by atoms with E-state index >= 15 is 0 Å². The van der Waals surface area contributed by atoms with Gasteiger partial charge in [0.05, 0.1) is 23.7 Å². The summed E-state index contributed by atoms with van der Waals surface area (Å²) in [5.41, 5.74) is 2.09. The van der Waals surface area contributed by atoms with Gasteiger partial charge in [-0.05, 0) is 19.1 Å². The van der Waals surface area contributed by atoms with E-state index in [-0.39, 0.29) is 6.10 Å². The summed E-state index contributed by atoms with van der Waals surface area (Å²) in [6.07, 6.45) is -0.362. The Kier molecular flexibility index (Phi) is 3.74. The lowest BCUT2D eigenvalue weighted by Gasteiger charge is -2.11. The van der Waals surface area contributed by atoms with Crippen LogP contribution in [0.25, 0.3) is 11.0 Å². The molecule has 0 saturated carbocycles. The quantitative estimate of drug-likeness (QED) is 0.848. The molecule has 17 heavy (non-hydrogen) atoms. The maximum absolute atomic E-state index is 9.58. The van der Waals surface area contributed by atoms with E-state index in [1.165, 1.54) is 0 Å². The van der Waals surface area contributed by atoms with Crippen LogP contribution < -0.4 is 0 Å². The van der Waals surface area contributed by atoms with E-state index in [9.17, 15) is 5.11 Å². The van der Waals surface area contributed by atoms with E-state index in [4.69, 9.17) is 0 Å². The molecule has 1 atom stereocenters. The Morgan fingerprint density at radius 2 is 2.00 bits per heavy atom. The van der Waals surface area contributed by atoms with Gasteiger partial charge in [0.1, 0.15) is 0 Å². The number of thioether (sulfide) groups is 1. The zero-order chi connectivity index (χ0) is 12.4. The number of nitrogens with zero attached hydrogens (tertiary/aromatic N) is 2. The van der Waals surface area contributed by atoms with E-state index in [1.54, 1.807) is 18.7 Å². The molecule has 0 aliphatic rings. The number of hydrogen-bond donors (Lipinski definition) is 1. The Morgan fingerprint density at radius 1 is 1.29 bits per heavy atom. The number of hydrogen-bond acceptors (Lipinski definition) is 3. The van der Waals surface area contributed by atoms with Crippen molar-refractivity contribution in [2.45, 2.75) is 43.8 Å². The third-order valence-electron chi connectivity index (χ3n) is 2.41. The molecule has 0 bridgehead atoms. The second kappa shape index (κ2) is 5.10. The molecule has 1 aromatic heterocycles. The minimum Gasteiger partial charge on any atom is -0.392 e. The topological polar surface area (TPSA) is 38.0 Å². The SMILES string of the molecule is CC(C)Sc1nc2ccccc2n1C[C@H](C)O. The van der Waals surface area contributed by atoms with Crippen molar-refractivity contribution in [1.29, 1.82) is 0 Å².